The van der Waals surface area contributed by atoms with E-state index >= 15 is 0 Å². The molecule has 148 valence electrons. The van der Waals surface area contributed by atoms with Gasteiger partial charge >= 0.3 is 0 Å². The lowest BCUT2D eigenvalue weighted by Crippen LogP contribution is -2.45. The molecule has 0 aromatic carbocycles. The molecule has 2 aromatic heterocycles. The van der Waals surface area contributed by atoms with Gasteiger partial charge in [-0.1, -0.05) is 0 Å². The van der Waals surface area contributed by atoms with E-state index in [0.717, 1.165) is 12.2 Å². The molecule has 0 aliphatic carbocycles. The lowest BCUT2D eigenvalue weighted by molar-refractivity contribution is -0.126. The molecule has 1 fully saturated rings. The zero-order valence-electron chi connectivity index (χ0n) is 15.9. The van der Waals surface area contributed by atoms with Crippen molar-refractivity contribution in [2.45, 2.75) is 44.2 Å². The van der Waals surface area contributed by atoms with Gasteiger partial charge in [0.2, 0.25) is 15.9 Å². The SMILES string of the molecule is CCn1nccc1[C@@H](C)NC(=O)[C@@H]1CCCN(S(=O)(=O)c2cnn(C)c2)C1. The molecule has 10 heteroatoms. The molecule has 1 N–H and O–H groups in total. The third kappa shape index (κ3) is 4.06. The number of aryl methyl sites for hydroxylation is 2. The van der Waals surface area contributed by atoms with Crippen molar-refractivity contribution in [1.29, 1.82) is 0 Å². The second-order valence-corrected chi connectivity index (χ2v) is 8.79. The monoisotopic (exact) mass is 394 g/mol. The first-order chi connectivity index (χ1) is 12.8. The third-order valence-electron chi connectivity index (χ3n) is 4.93. The molecule has 9 nitrogen and oxygen atoms in total. The molecule has 0 unspecified atom stereocenters. The van der Waals surface area contributed by atoms with Crippen LogP contribution >= 0.6 is 0 Å². The van der Waals surface area contributed by atoms with E-state index in [4.69, 9.17) is 0 Å². The normalized spacial score (nSPS) is 19.7. The van der Waals surface area contributed by atoms with Crippen LogP contribution in [0.5, 0.6) is 0 Å². The topological polar surface area (TPSA) is 102 Å². The Kier molecular flexibility index (Phi) is 5.66. The van der Waals surface area contributed by atoms with Gasteiger partial charge in [-0.05, 0) is 32.8 Å². The van der Waals surface area contributed by atoms with E-state index in [1.165, 1.54) is 21.4 Å². The van der Waals surface area contributed by atoms with Gasteiger partial charge in [0.25, 0.3) is 0 Å². The first-order valence-corrected chi connectivity index (χ1v) is 10.6. The van der Waals surface area contributed by atoms with Crippen molar-refractivity contribution in [2.24, 2.45) is 13.0 Å². The Morgan fingerprint density at radius 1 is 1.41 bits per heavy atom. The molecule has 0 spiro atoms. The van der Waals surface area contributed by atoms with Crippen molar-refractivity contribution in [2.75, 3.05) is 13.1 Å². The Hall–Kier alpha value is -2.20. The summed E-state index contributed by atoms with van der Waals surface area (Å²) in [6.45, 7) is 5.23. The predicted molar refractivity (Wildman–Crippen MR) is 99.1 cm³/mol. The van der Waals surface area contributed by atoms with E-state index in [1.807, 2.05) is 24.6 Å². The molecular weight excluding hydrogens is 368 g/mol. The van der Waals surface area contributed by atoms with E-state index in [1.54, 1.807) is 13.2 Å². The van der Waals surface area contributed by atoms with E-state index < -0.39 is 10.0 Å². The Labute approximate surface area is 159 Å². The smallest absolute Gasteiger partial charge is 0.246 e. The van der Waals surface area contributed by atoms with Gasteiger partial charge in [-0.15, -0.1) is 0 Å². The second kappa shape index (κ2) is 7.81. The summed E-state index contributed by atoms with van der Waals surface area (Å²) in [6, 6.07) is 1.69. The van der Waals surface area contributed by atoms with Crippen molar-refractivity contribution < 1.29 is 13.2 Å². The van der Waals surface area contributed by atoms with Crippen LogP contribution in [0.15, 0.2) is 29.6 Å². The molecule has 1 aliphatic rings. The van der Waals surface area contributed by atoms with Gasteiger partial charge in [0.1, 0.15) is 4.90 Å². The molecule has 2 atom stereocenters. The first-order valence-electron chi connectivity index (χ1n) is 9.13. The summed E-state index contributed by atoms with van der Waals surface area (Å²) in [7, 11) is -1.96. The van der Waals surface area contributed by atoms with Crippen LogP contribution in [-0.2, 0) is 28.4 Å². The molecule has 0 radical (unpaired) electrons. The zero-order chi connectivity index (χ0) is 19.6. The van der Waals surface area contributed by atoms with Crippen molar-refractivity contribution in [3.63, 3.8) is 0 Å². The van der Waals surface area contributed by atoms with Crippen LogP contribution in [0, 0.1) is 5.92 Å². The molecule has 1 amide bonds. The number of aromatic nitrogens is 4. The van der Waals surface area contributed by atoms with E-state index in [2.05, 4.69) is 15.5 Å². The fourth-order valence-electron chi connectivity index (χ4n) is 3.44. The number of carbonyl (C=O) groups excluding carboxylic acids is 1. The van der Waals surface area contributed by atoms with Crippen LogP contribution in [0.2, 0.25) is 0 Å². The number of hydrogen-bond acceptors (Lipinski definition) is 5. The average molecular weight is 395 g/mol. The van der Waals surface area contributed by atoms with E-state index in [0.29, 0.717) is 19.4 Å². The summed E-state index contributed by atoms with van der Waals surface area (Å²) < 4.78 is 30.3. The minimum Gasteiger partial charge on any atom is -0.348 e. The minimum absolute atomic E-state index is 0.127. The maximum absolute atomic E-state index is 12.8. The summed E-state index contributed by atoms with van der Waals surface area (Å²) in [5, 5.41) is 11.2. The van der Waals surface area contributed by atoms with Crippen LogP contribution in [0.1, 0.15) is 38.4 Å². The average Bonchev–Trinajstić information content (AvgIpc) is 3.30. The quantitative estimate of drug-likeness (QED) is 0.785. The summed E-state index contributed by atoms with van der Waals surface area (Å²) in [5.41, 5.74) is 0.932. The maximum atomic E-state index is 12.8. The number of hydrogen-bond donors (Lipinski definition) is 1. The van der Waals surface area contributed by atoms with Crippen LogP contribution < -0.4 is 5.32 Å². The molecule has 3 heterocycles. The number of rotatable bonds is 6. The molecule has 0 bridgehead atoms. The van der Waals surface area contributed by atoms with Crippen LogP contribution in [0.3, 0.4) is 0 Å². The van der Waals surface area contributed by atoms with Crippen molar-refractivity contribution in [3.8, 4) is 0 Å². The van der Waals surface area contributed by atoms with Crippen LogP contribution in [0.25, 0.3) is 0 Å². The Bertz CT molecular complexity index is 903. The Morgan fingerprint density at radius 2 is 2.19 bits per heavy atom. The van der Waals surface area contributed by atoms with E-state index in [9.17, 15) is 13.2 Å². The second-order valence-electron chi connectivity index (χ2n) is 6.85. The van der Waals surface area contributed by atoms with Crippen LogP contribution in [-0.4, -0.2) is 51.3 Å². The van der Waals surface area contributed by atoms with Crippen molar-refractivity contribution in [1.82, 2.24) is 29.2 Å². The summed E-state index contributed by atoms with van der Waals surface area (Å²) in [4.78, 5) is 12.9. The zero-order valence-corrected chi connectivity index (χ0v) is 16.7. The van der Waals surface area contributed by atoms with Crippen LogP contribution in [0.4, 0.5) is 0 Å². The first kappa shape index (κ1) is 19.6. The highest BCUT2D eigenvalue weighted by atomic mass is 32.2. The third-order valence-corrected chi connectivity index (χ3v) is 6.74. The van der Waals surface area contributed by atoms with Gasteiger partial charge in [-0.25, -0.2) is 8.42 Å². The van der Waals surface area contributed by atoms with Gasteiger partial charge in [-0.3, -0.25) is 14.2 Å². The molecule has 27 heavy (non-hydrogen) atoms. The molecule has 1 aliphatic heterocycles. The minimum atomic E-state index is -3.63. The summed E-state index contributed by atoms with van der Waals surface area (Å²) in [5.74, 6) is -0.497. The molecule has 2 aromatic rings. The fourth-order valence-corrected chi connectivity index (χ4v) is 4.95. The van der Waals surface area contributed by atoms with E-state index in [-0.39, 0.29) is 29.3 Å². The summed E-state index contributed by atoms with van der Waals surface area (Å²) in [6.07, 6.45) is 5.85. The highest BCUT2D eigenvalue weighted by Crippen LogP contribution is 2.24. The largest absolute Gasteiger partial charge is 0.348 e. The molecular formula is C17H26N6O3S. The lowest BCUT2D eigenvalue weighted by atomic mass is 9.98. The van der Waals surface area contributed by atoms with Crippen molar-refractivity contribution >= 4 is 15.9 Å². The maximum Gasteiger partial charge on any atom is 0.246 e. The molecule has 0 saturated carbocycles. The van der Waals surface area contributed by atoms with Crippen molar-refractivity contribution in [3.05, 3.63) is 30.4 Å². The number of nitrogens with zero attached hydrogens (tertiary/aromatic N) is 5. The molecule has 1 saturated heterocycles. The van der Waals surface area contributed by atoms with Gasteiger partial charge < -0.3 is 5.32 Å². The standard InChI is InChI=1S/C17H26N6O3S/c1-4-23-16(7-8-18-23)13(2)20-17(24)14-6-5-9-22(11-14)27(25,26)15-10-19-21(3)12-15/h7-8,10,12-14H,4-6,9,11H2,1-3H3,(H,20,24)/t13-,14-/m1/s1. The lowest BCUT2D eigenvalue weighted by Gasteiger charge is -2.31. The number of amides is 1. The van der Waals surface area contributed by atoms with Gasteiger partial charge in [-0.2, -0.15) is 14.5 Å². The highest BCUT2D eigenvalue weighted by molar-refractivity contribution is 7.89. The number of piperidine rings is 1. The number of carbonyl (C=O) groups is 1. The van der Waals surface area contributed by atoms with Gasteiger partial charge in [0.15, 0.2) is 0 Å². The highest BCUT2D eigenvalue weighted by Gasteiger charge is 2.34. The predicted octanol–water partition coefficient (Wildman–Crippen LogP) is 0.915. The van der Waals surface area contributed by atoms with Gasteiger partial charge in [0, 0.05) is 39.1 Å². The van der Waals surface area contributed by atoms with Gasteiger partial charge in [0.05, 0.1) is 23.9 Å². The number of nitrogens with one attached hydrogen (secondary N) is 1. The Morgan fingerprint density at radius 3 is 2.85 bits per heavy atom. The number of sulfonamides is 1. The fraction of sp³-hybridized carbons (Fsp3) is 0.588. The Balaban J connectivity index is 1.68. The summed E-state index contributed by atoms with van der Waals surface area (Å²) >= 11 is 0. The molecule has 3 rings (SSSR count).